The van der Waals surface area contributed by atoms with Gasteiger partial charge in [0.15, 0.2) is 5.79 Å². The minimum atomic E-state index is -0.594. The van der Waals surface area contributed by atoms with Crippen LogP contribution in [-0.2, 0) is 9.47 Å². The van der Waals surface area contributed by atoms with E-state index in [1.807, 2.05) is 0 Å². The van der Waals surface area contributed by atoms with Crippen LogP contribution in [0.2, 0.25) is 0 Å². The lowest BCUT2D eigenvalue weighted by atomic mass is 9.82. The molecule has 2 rings (SSSR count). The molecule has 1 heterocycles. The van der Waals surface area contributed by atoms with Crippen LogP contribution in [0, 0.1) is 0 Å². The molecule has 1 aliphatic carbocycles. The van der Waals surface area contributed by atoms with Gasteiger partial charge < -0.3 is 14.6 Å². The molecular formula is C9H16O3S. The molecule has 0 aromatic heterocycles. The molecule has 1 spiro atoms. The van der Waals surface area contributed by atoms with Crippen LogP contribution in [0.4, 0.5) is 0 Å². The monoisotopic (exact) mass is 204 g/mol. The molecule has 0 unspecified atom stereocenters. The van der Waals surface area contributed by atoms with Gasteiger partial charge in [0.1, 0.15) is 0 Å². The fourth-order valence-corrected chi connectivity index (χ4v) is 2.36. The van der Waals surface area contributed by atoms with Crippen LogP contribution < -0.4 is 0 Å². The van der Waals surface area contributed by atoms with Crippen molar-refractivity contribution in [3.63, 3.8) is 0 Å². The average molecular weight is 204 g/mol. The van der Waals surface area contributed by atoms with Crippen molar-refractivity contribution < 1.29 is 14.6 Å². The molecule has 2 aliphatic rings. The normalized spacial score (nSPS) is 30.9. The second kappa shape index (κ2) is 3.42. The smallest absolute Gasteiger partial charge is 0.168 e. The first-order valence-electron chi connectivity index (χ1n) is 4.79. The highest BCUT2D eigenvalue weighted by atomic mass is 32.1. The van der Waals surface area contributed by atoms with E-state index in [0.717, 1.165) is 25.7 Å². The van der Waals surface area contributed by atoms with Crippen LogP contribution in [-0.4, -0.2) is 35.5 Å². The van der Waals surface area contributed by atoms with Crippen LogP contribution >= 0.6 is 12.6 Å². The zero-order valence-electron chi connectivity index (χ0n) is 7.66. The zero-order valence-corrected chi connectivity index (χ0v) is 8.56. The number of thiol groups is 1. The minimum Gasteiger partial charge on any atom is -0.389 e. The highest BCUT2D eigenvalue weighted by Crippen LogP contribution is 2.40. The Balaban J connectivity index is 1.95. The number of hydrogen-bond donors (Lipinski definition) is 2. The van der Waals surface area contributed by atoms with Crippen molar-refractivity contribution in [3.8, 4) is 0 Å². The first kappa shape index (κ1) is 9.77. The van der Waals surface area contributed by atoms with Crippen molar-refractivity contribution in [3.05, 3.63) is 0 Å². The maximum absolute atomic E-state index is 9.94. The molecule has 0 amide bonds. The van der Waals surface area contributed by atoms with Crippen LogP contribution in [0.3, 0.4) is 0 Å². The van der Waals surface area contributed by atoms with Crippen LogP contribution in [0.1, 0.15) is 25.7 Å². The number of aliphatic hydroxyl groups is 1. The molecule has 0 radical (unpaired) electrons. The minimum absolute atomic E-state index is 0.366. The number of ether oxygens (including phenoxy) is 2. The first-order valence-corrected chi connectivity index (χ1v) is 5.43. The summed E-state index contributed by atoms with van der Waals surface area (Å²) < 4.78 is 11.1. The second-order valence-electron chi connectivity index (χ2n) is 3.99. The summed E-state index contributed by atoms with van der Waals surface area (Å²) in [6.45, 7) is 1.39. The molecule has 0 aromatic carbocycles. The van der Waals surface area contributed by atoms with Gasteiger partial charge in [-0.05, 0) is 12.8 Å². The Morgan fingerprint density at radius 3 is 2.08 bits per heavy atom. The molecule has 1 saturated heterocycles. The van der Waals surface area contributed by atoms with Crippen molar-refractivity contribution in [2.75, 3.05) is 19.0 Å². The van der Waals surface area contributed by atoms with E-state index in [1.165, 1.54) is 0 Å². The molecule has 1 aliphatic heterocycles. The van der Waals surface area contributed by atoms with Gasteiger partial charge in [-0.3, -0.25) is 0 Å². The van der Waals surface area contributed by atoms with E-state index >= 15 is 0 Å². The van der Waals surface area contributed by atoms with Crippen molar-refractivity contribution in [2.24, 2.45) is 0 Å². The summed E-state index contributed by atoms with van der Waals surface area (Å²) in [5.41, 5.74) is -0.594. The quantitative estimate of drug-likeness (QED) is 0.625. The topological polar surface area (TPSA) is 38.7 Å². The maximum atomic E-state index is 9.94. The van der Waals surface area contributed by atoms with Gasteiger partial charge in [-0.25, -0.2) is 0 Å². The van der Waals surface area contributed by atoms with Gasteiger partial charge >= 0.3 is 0 Å². The molecule has 2 fully saturated rings. The molecule has 3 nitrogen and oxygen atoms in total. The predicted octanol–water partition coefficient (Wildman–Crippen LogP) is 0.964. The number of rotatable bonds is 1. The first-order chi connectivity index (χ1) is 6.18. The van der Waals surface area contributed by atoms with Crippen molar-refractivity contribution in [2.45, 2.75) is 37.1 Å². The lowest BCUT2D eigenvalue weighted by Gasteiger charge is -2.39. The van der Waals surface area contributed by atoms with Gasteiger partial charge in [0.05, 0.1) is 18.8 Å². The van der Waals surface area contributed by atoms with Gasteiger partial charge in [-0.1, -0.05) is 0 Å². The lowest BCUT2D eigenvalue weighted by molar-refractivity contribution is -0.199. The van der Waals surface area contributed by atoms with E-state index in [9.17, 15) is 5.11 Å². The summed E-state index contributed by atoms with van der Waals surface area (Å²) in [7, 11) is 0. The van der Waals surface area contributed by atoms with Gasteiger partial charge in [0, 0.05) is 18.6 Å². The van der Waals surface area contributed by atoms with Crippen molar-refractivity contribution in [1.29, 1.82) is 0 Å². The summed E-state index contributed by atoms with van der Waals surface area (Å²) in [6.07, 6.45) is 3.06. The van der Waals surface area contributed by atoms with Gasteiger partial charge in [0.2, 0.25) is 0 Å². The Morgan fingerprint density at radius 1 is 1.08 bits per heavy atom. The highest BCUT2D eigenvalue weighted by molar-refractivity contribution is 7.80. The molecule has 13 heavy (non-hydrogen) atoms. The SMILES string of the molecule is OC1(CS)CCC2(CC1)OCCO2. The molecule has 1 N–H and O–H groups in total. The van der Waals surface area contributed by atoms with Crippen LogP contribution in [0.15, 0.2) is 0 Å². The molecule has 0 atom stereocenters. The highest BCUT2D eigenvalue weighted by Gasteiger charge is 2.44. The van der Waals surface area contributed by atoms with Gasteiger partial charge in [-0.15, -0.1) is 0 Å². The molecule has 0 aromatic rings. The third kappa shape index (κ3) is 1.86. The molecule has 76 valence electrons. The largest absolute Gasteiger partial charge is 0.389 e. The Labute approximate surface area is 83.8 Å². The molecule has 1 saturated carbocycles. The predicted molar refractivity (Wildman–Crippen MR) is 51.9 cm³/mol. The Morgan fingerprint density at radius 2 is 1.62 bits per heavy atom. The molecule has 0 bridgehead atoms. The van der Waals surface area contributed by atoms with Crippen molar-refractivity contribution >= 4 is 12.6 Å². The zero-order chi connectivity index (χ0) is 9.36. The van der Waals surface area contributed by atoms with Gasteiger partial charge in [0.25, 0.3) is 0 Å². The van der Waals surface area contributed by atoms with E-state index in [2.05, 4.69) is 12.6 Å². The summed E-state index contributed by atoms with van der Waals surface area (Å²) >= 11 is 4.15. The molecular weight excluding hydrogens is 188 g/mol. The number of hydrogen-bond acceptors (Lipinski definition) is 4. The van der Waals surface area contributed by atoms with Gasteiger partial charge in [-0.2, -0.15) is 12.6 Å². The van der Waals surface area contributed by atoms with Crippen LogP contribution in [0.5, 0.6) is 0 Å². The van der Waals surface area contributed by atoms with Crippen LogP contribution in [0.25, 0.3) is 0 Å². The fourth-order valence-electron chi connectivity index (χ4n) is 2.04. The average Bonchev–Trinajstić information content (AvgIpc) is 2.61. The van der Waals surface area contributed by atoms with Crippen molar-refractivity contribution in [1.82, 2.24) is 0 Å². The summed E-state index contributed by atoms with van der Waals surface area (Å²) in [5, 5.41) is 9.94. The summed E-state index contributed by atoms with van der Waals surface area (Å²) in [5.74, 6) is 0.165. The van der Waals surface area contributed by atoms with E-state index in [-0.39, 0.29) is 5.79 Å². The Bertz CT molecular complexity index is 179. The summed E-state index contributed by atoms with van der Waals surface area (Å²) in [6, 6.07) is 0. The second-order valence-corrected chi connectivity index (χ2v) is 4.31. The van der Waals surface area contributed by atoms with E-state index in [0.29, 0.717) is 19.0 Å². The Kier molecular flexibility index (Phi) is 2.57. The molecule has 4 heteroatoms. The van der Waals surface area contributed by atoms with E-state index in [1.54, 1.807) is 0 Å². The Hall–Kier alpha value is 0.230. The summed E-state index contributed by atoms with van der Waals surface area (Å²) in [4.78, 5) is 0. The maximum Gasteiger partial charge on any atom is 0.168 e. The third-order valence-corrected chi connectivity index (χ3v) is 3.64. The van der Waals surface area contributed by atoms with E-state index < -0.39 is 5.60 Å². The lowest BCUT2D eigenvalue weighted by Crippen LogP contribution is -2.44. The van der Waals surface area contributed by atoms with E-state index in [4.69, 9.17) is 9.47 Å². The third-order valence-electron chi connectivity index (χ3n) is 3.05. The fraction of sp³-hybridized carbons (Fsp3) is 1.00. The standard InChI is InChI=1S/C9H16O3S/c10-8(7-13)1-3-9(4-2-8)11-5-6-12-9/h10,13H,1-7H2.